The zero-order chi connectivity index (χ0) is 48.0. The molecule has 2 heterocycles. The topological polar surface area (TPSA) is 192 Å². The maximum Gasteiger partial charge on any atom is 0.251 e. The zero-order valence-corrected chi connectivity index (χ0v) is 40.5. The van der Waals surface area contributed by atoms with E-state index in [9.17, 15) is 29.5 Å². The number of carbonyl (C=O) groups is 4. The maximum absolute atomic E-state index is 14.0. The molecule has 66 heavy (non-hydrogen) atoms. The van der Waals surface area contributed by atoms with Gasteiger partial charge in [-0.05, 0) is 72.7 Å². The van der Waals surface area contributed by atoms with Gasteiger partial charge in [-0.15, -0.1) is 11.3 Å². The van der Waals surface area contributed by atoms with E-state index in [1.807, 2.05) is 57.5 Å². The fraction of sp³-hybridized carbons (Fsp3) is 0.480. The number of benzene rings is 3. The molecule has 2 aliphatic rings. The lowest BCUT2D eigenvalue weighted by Gasteiger charge is -2.63. The molecule has 4 amide bonds. The molecule has 352 valence electrons. The summed E-state index contributed by atoms with van der Waals surface area (Å²) >= 11 is 7.80. The summed E-state index contributed by atoms with van der Waals surface area (Å²) in [7, 11) is 0. The van der Waals surface area contributed by atoms with Crippen molar-refractivity contribution < 1.29 is 38.5 Å². The summed E-state index contributed by atoms with van der Waals surface area (Å²) in [5, 5.41) is 29.0. The van der Waals surface area contributed by atoms with Crippen molar-refractivity contribution in [2.45, 2.75) is 112 Å². The van der Waals surface area contributed by atoms with Crippen LogP contribution in [0.2, 0.25) is 5.02 Å². The average molecular weight is 942 g/mol. The van der Waals surface area contributed by atoms with Gasteiger partial charge in [0.2, 0.25) is 17.7 Å². The molecule has 4 aromatic rings. The van der Waals surface area contributed by atoms with E-state index in [1.165, 1.54) is 4.90 Å². The van der Waals surface area contributed by atoms with Crippen LogP contribution in [0.25, 0.3) is 10.4 Å². The Kier molecular flexibility index (Phi) is 15.9. The van der Waals surface area contributed by atoms with Gasteiger partial charge >= 0.3 is 0 Å². The number of aliphatic hydroxyl groups excluding tert-OH is 1. The van der Waals surface area contributed by atoms with E-state index in [4.69, 9.17) is 25.8 Å². The fourth-order valence-corrected chi connectivity index (χ4v) is 10.2. The molecule has 14 nitrogen and oxygen atoms in total. The quantitative estimate of drug-likeness (QED) is 0.0740. The summed E-state index contributed by atoms with van der Waals surface area (Å²) in [5.41, 5.74) is 4.09. The van der Waals surface area contributed by atoms with Gasteiger partial charge < -0.3 is 40.2 Å². The predicted molar refractivity (Wildman–Crippen MR) is 253 cm³/mol. The molecule has 6 rings (SSSR count). The molecule has 2 fully saturated rings. The molecule has 0 spiro atoms. The molecule has 3 aromatic carbocycles. The lowest BCUT2D eigenvalue weighted by Crippen LogP contribution is -2.74. The van der Waals surface area contributed by atoms with Crippen LogP contribution in [0.15, 0.2) is 72.2 Å². The number of likely N-dealkylation sites (tertiary alicyclic amines) is 1. The molecule has 1 aromatic heterocycles. The highest BCUT2D eigenvalue weighted by molar-refractivity contribution is 7.13. The SMILES string of the molecule is Cc1ncsc1-c1ccc(CNC(=O)[C@@H]2C[C@H](O)CN2C(=O)C(NC(=O)COCCCCOc2ccc(C(=O)N[C@H]3C(C)(C)[C@H](Oc4ccc(C#N)c(Cl)c4)C3(C)C)cc2)C(C)(C)C)cc1. The van der Waals surface area contributed by atoms with Gasteiger partial charge in [-0.2, -0.15) is 5.26 Å². The molecular formula is C50H61ClN6O8S. The number of nitrogens with zero attached hydrogens (tertiary/aromatic N) is 3. The summed E-state index contributed by atoms with van der Waals surface area (Å²) in [5.74, 6) is -0.306. The number of halogens is 1. The molecule has 3 atom stereocenters. The Morgan fingerprint density at radius 1 is 0.985 bits per heavy atom. The smallest absolute Gasteiger partial charge is 0.251 e. The third-order valence-electron chi connectivity index (χ3n) is 12.4. The van der Waals surface area contributed by atoms with Crippen LogP contribution in [0.5, 0.6) is 11.5 Å². The lowest BCUT2D eigenvalue weighted by atomic mass is 9.49. The number of nitriles is 1. The molecule has 16 heteroatoms. The minimum absolute atomic E-state index is 0.0190. The Labute approximate surface area is 396 Å². The first-order valence-electron chi connectivity index (χ1n) is 22.2. The van der Waals surface area contributed by atoms with Crippen LogP contribution in [-0.4, -0.2) is 95.3 Å². The van der Waals surface area contributed by atoms with E-state index in [0.29, 0.717) is 53.7 Å². The highest BCUT2D eigenvalue weighted by atomic mass is 35.5. The number of unbranched alkanes of at least 4 members (excludes halogenated alkanes) is 1. The highest BCUT2D eigenvalue weighted by Gasteiger charge is 2.64. The van der Waals surface area contributed by atoms with Gasteiger partial charge in [0.1, 0.15) is 42.4 Å². The number of rotatable bonds is 18. The van der Waals surface area contributed by atoms with Crippen LogP contribution in [0.4, 0.5) is 0 Å². The normalized spacial score (nSPS) is 20.0. The molecule has 1 saturated carbocycles. The van der Waals surface area contributed by atoms with Crippen molar-refractivity contribution in [2.75, 3.05) is 26.4 Å². The Bertz CT molecular complexity index is 2390. The van der Waals surface area contributed by atoms with Crippen LogP contribution in [0.3, 0.4) is 0 Å². The Balaban J connectivity index is 0.896. The summed E-state index contributed by atoms with van der Waals surface area (Å²) in [6, 6.07) is 19.8. The van der Waals surface area contributed by atoms with Crippen LogP contribution in [0, 0.1) is 34.5 Å². The third kappa shape index (κ3) is 11.7. The molecular weight excluding hydrogens is 880 g/mol. The first-order valence-corrected chi connectivity index (χ1v) is 23.5. The molecule has 4 N–H and O–H groups in total. The third-order valence-corrected chi connectivity index (χ3v) is 13.7. The van der Waals surface area contributed by atoms with Gasteiger partial charge in [-0.3, -0.25) is 19.2 Å². The molecule has 1 saturated heterocycles. The van der Waals surface area contributed by atoms with E-state index >= 15 is 0 Å². The first kappa shape index (κ1) is 49.9. The Morgan fingerprint density at radius 2 is 1.65 bits per heavy atom. The van der Waals surface area contributed by atoms with E-state index in [2.05, 4.69) is 54.7 Å². The number of thiazole rings is 1. The number of hydrogen-bond acceptors (Lipinski definition) is 11. The molecule has 0 bridgehead atoms. The van der Waals surface area contributed by atoms with Crippen LogP contribution < -0.4 is 25.4 Å². The molecule has 0 radical (unpaired) electrons. The molecule has 1 aliphatic carbocycles. The van der Waals surface area contributed by atoms with Gasteiger partial charge in [0.25, 0.3) is 5.91 Å². The highest BCUT2D eigenvalue weighted by Crippen LogP contribution is 2.55. The molecule has 1 aliphatic heterocycles. The van der Waals surface area contributed by atoms with Gasteiger partial charge in [0, 0.05) is 54.6 Å². The molecule has 1 unspecified atom stereocenters. The minimum atomic E-state index is -0.965. The van der Waals surface area contributed by atoms with Gasteiger partial charge in [-0.1, -0.05) is 84.3 Å². The van der Waals surface area contributed by atoms with Gasteiger partial charge in [0.05, 0.1) is 39.4 Å². The minimum Gasteiger partial charge on any atom is -0.494 e. The van der Waals surface area contributed by atoms with Crippen LogP contribution in [-0.2, 0) is 25.7 Å². The number of nitrogens with one attached hydrogen (secondary N) is 3. The van der Waals surface area contributed by atoms with E-state index in [0.717, 1.165) is 21.7 Å². The summed E-state index contributed by atoms with van der Waals surface area (Å²) in [4.78, 5) is 60.6. The fourth-order valence-electron chi connectivity index (χ4n) is 9.16. The van der Waals surface area contributed by atoms with Gasteiger partial charge in [0.15, 0.2) is 0 Å². The van der Waals surface area contributed by atoms with E-state index in [1.54, 1.807) is 53.8 Å². The summed E-state index contributed by atoms with van der Waals surface area (Å²) < 4.78 is 17.9. The lowest BCUT2D eigenvalue weighted by molar-refractivity contribution is -0.164. The van der Waals surface area contributed by atoms with Crippen molar-refractivity contribution in [1.29, 1.82) is 5.26 Å². The maximum atomic E-state index is 14.0. The standard InChI is InChI=1S/C50H61ClN6O8S/c1-30-41(66-29-54-30)32-13-11-31(12-14-32)26-53-44(61)39-23-35(58)27-57(39)45(62)42(48(2,3)4)55-40(59)28-63-21-9-10-22-64-36-18-15-33(16-19-36)43(60)56-46-49(5,6)47(50(46,7)8)65-37-20-17-34(25-52)38(51)24-37/h11-20,24,29,35,39,42,46-47,58H,9-10,21-23,26-28H2,1-8H3,(H,53,61)(H,55,59)(H,56,60)/t35-,39-,42?,46-,47-/m0/s1. The summed E-state index contributed by atoms with van der Waals surface area (Å²) in [6.07, 6.45) is 0.262. The Morgan fingerprint density at radius 3 is 2.27 bits per heavy atom. The largest absolute Gasteiger partial charge is 0.494 e. The number of aryl methyl sites for hydroxylation is 1. The van der Waals surface area contributed by atoms with Crippen molar-refractivity contribution in [3.05, 3.63) is 99.6 Å². The van der Waals surface area contributed by atoms with Crippen LogP contribution >= 0.6 is 22.9 Å². The van der Waals surface area contributed by atoms with Crippen molar-refractivity contribution in [3.8, 4) is 28.0 Å². The van der Waals surface area contributed by atoms with E-state index < -0.39 is 46.2 Å². The number of aliphatic hydroxyl groups is 1. The van der Waals surface area contributed by atoms with Crippen molar-refractivity contribution in [2.24, 2.45) is 16.2 Å². The number of carbonyl (C=O) groups excluding carboxylic acids is 4. The zero-order valence-electron chi connectivity index (χ0n) is 38.9. The summed E-state index contributed by atoms with van der Waals surface area (Å²) in [6.45, 7) is 16.3. The Hall–Kier alpha value is -5.53. The number of ether oxygens (including phenoxy) is 3. The number of aromatic nitrogens is 1. The first-order chi connectivity index (χ1) is 31.2. The second kappa shape index (κ2) is 21.0. The van der Waals surface area contributed by atoms with Crippen molar-refractivity contribution >= 4 is 46.6 Å². The number of hydrogen-bond donors (Lipinski definition) is 4. The monoisotopic (exact) mass is 940 g/mol. The predicted octanol–water partition coefficient (Wildman–Crippen LogP) is 7.24. The van der Waals surface area contributed by atoms with Gasteiger partial charge in [-0.25, -0.2) is 4.98 Å². The number of β-amino-alcohol motifs (C(OH)–C–C–N with tert-alkyl or cyclic N) is 1. The second-order valence-electron chi connectivity index (χ2n) is 19.4. The second-order valence-corrected chi connectivity index (χ2v) is 20.6. The average Bonchev–Trinajstić information content (AvgIpc) is 3.89. The number of amides is 4. The van der Waals surface area contributed by atoms with Crippen LogP contribution in [0.1, 0.15) is 94.9 Å². The van der Waals surface area contributed by atoms with E-state index in [-0.39, 0.29) is 50.1 Å². The van der Waals surface area contributed by atoms with Crippen molar-refractivity contribution in [3.63, 3.8) is 0 Å². The van der Waals surface area contributed by atoms with Crippen molar-refractivity contribution in [1.82, 2.24) is 25.8 Å².